The van der Waals surface area contributed by atoms with Crippen molar-refractivity contribution in [2.45, 2.75) is 0 Å². The third kappa shape index (κ3) is 4.31. The van der Waals surface area contributed by atoms with Crippen LogP contribution in [-0.2, 0) is 0 Å². The number of hydrogen-bond donors (Lipinski definition) is 1. The molecule has 0 aliphatic carbocycles. The molecule has 6 nitrogen and oxygen atoms in total. The molecule has 0 aliphatic heterocycles. The fraction of sp³-hybridized carbons (Fsp3) is 0.0400. The van der Waals surface area contributed by atoms with Gasteiger partial charge in [0.15, 0.2) is 0 Å². The molecular formula is C25H17Cl2N5O. The van der Waals surface area contributed by atoms with Gasteiger partial charge in [-0.15, -0.1) is 0 Å². The normalized spacial score (nSPS) is 11.4. The number of pyridine rings is 1. The molecule has 0 amide bonds. The standard InChI is InChI=1S/C25H17Cl2N5O/c1-33-21-9-5-8-16-12-17(24(27)30-23(16)21)14-28-32-25-29-20-11-10-18(26)13-19(20)22(31-25)15-6-3-2-4-7-15/h2-14H,1H3,(H,29,31,32). The van der Waals surface area contributed by atoms with Gasteiger partial charge in [0.25, 0.3) is 0 Å². The Labute approximate surface area is 199 Å². The molecule has 0 radical (unpaired) electrons. The van der Waals surface area contributed by atoms with Gasteiger partial charge in [-0.25, -0.2) is 20.4 Å². The number of benzene rings is 3. The Morgan fingerprint density at radius 1 is 0.909 bits per heavy atom. The van der Waals surface area contributed by atoms with Gasteiger partial charge in [-0.05, 0) is 30.3 Å². The third-order valence-electron chi connectivity index (χ3n) is 5.08. The van der Waals surface area contributed by atoms with Crippen molar-refractivity contribution < 1.29 is 4.74 Å². The van der Waals surface area contributed by atoms with E-state index in [0.29, 0.717) is 33.0 Å². The topological polar surface area (TPSA) is 72.3 Å². The Morgan fingerprint density at radius 2 is 1.76 bits per heavy atom. The van der Waals surface area contributed by atoms with Crippen LogP contribution in [0.5, 0.6) is 5.75 Å². The highest BCUT2D eigenvalue weighted by atomic mass is 35.5. The number of fused-ring (bicyclic) bond motifs is 2. The molecule has 0 spiro atoms. The highest BCUT2D eigenvalue weighted by molar-refractivity contribution is 6.32. The molecule has 0 aliphatic rings. The van der Waals surface area contributed by atoms with Crippen LogP contribution >= 0.6 is 23.2 Å². The highest BCUT2D eigenvalue weighted by Gasteiger charge is 2.11. The molecule has 1 N–H and O–H groups in total. The summed E-state index contributed by atoms with van der Waals surface area (Å²) < 4.78 is 5.36. The highest BCUT2D eigenvalue weighted by Crippen LogP contribution is 2.30. The van der Waals surface area contributed by atoms with E-state index in [1.165, 1.54) is 0 Å². The van der Waals surface area contributed by atoms with Gasteiger partial charge in [0, 0.05) is 26.9 Å². The number of ether oxygens (including phenoxy) is 1. The molecule has 8 heteroatoms. The first-order chi connectivity index (χ1) is 16.1. The number of nitrogens with one attached hydrogen (secondary N) is 1. The predicted molar refractivity (Wildman–Crippen MR) is 135 cm³/mol. The van der Waals surface area contributed by atoms with E-state index in [4.69, 9.17) is 27.9 Å². The van der Waals surface area contributed by atoms with Gasteiger partial charge < -0.3 is 4.74 Å². The second kappa shape index (κ2) is 9.02. The van der Waals surface area contributed by atoms with Gasteiger partial charge in [0.05, 0.1) is 24.5 Å². The molecule has 5 aromatic rings. The lowest BCUT2D eigenvalue weighted by molar-refractivity contribution is 0.419. The molecule has 0 saturated heterocycles. The average molecular weight is 474 g/mol. The Bertz CT molecular complexity index is 1510. The van der Waals surface area contributed by atoms with Gasteiger partial charge >= 0.3 is 0 Å². The first-order valence-electron chi connectivity index (χ1n) is 10.1. The minimum atomic E-state index is 0.316. The van der Waals surface area contributed by atoms with E-state index in [9.17, 15) is 0 Å². The van der Waals surface area contributed by atoms with Crippen LogP contribution in [0.15, 0.2) is 77.9 Å². The number of methoxy groups -OCH3 is 1. The Kier molecular flexibility index (Phi) is 5.77. The smallest absolute Gasteiger partial charge is 0.244 e. The van der Waals surface area contributed by atoms with Crippen molar-refractivity contribution in [1.29, 1.82) is 0 Å². The number of halogens is 2. The summed E-state index contributed by atoms with van der Waals surface area (Å²) in [5, 5.41) is 6.99. The van der Waals surface area contributed by atoms with E-state index in [-0.39, 0.29) is 0 Å². The van der Waals surface area contributed by atoms with Crippen LogP contribution in [0.2, 0.25) is 10.2 Å². The predicted octanol–water partition coefficient (Wildman–Crippen LogP) is 6.61. The van der Waals surface area contributed by atoms with Gasteiger partial charge in [-0.1, -0.05) is 65.7 Å². The second-order valence-electron chi connectivity index (χ2n) is 7.19. The molecule has 0 bridgehead atoms. The third-order valence-corrected chi connectivity index (χ3v) is 5.62. The minimum Gasteiger partial charge on any atom is -0.494 e. The Balaban J connectivity index is 1.50. The summed E-state index contributed by atoms with van der Waals surface area (Å²) in [5.41, 5.74) is 6.73. The fourth-order valence-corrected chi connectivity index (χ4v) is 3.91. The maximum absolute atomic E-state index is 6.38. The summed E-state index contributed by atoms with van der Waals surface area (Å²) in [5.74, 6) is 1.01. The number of hydrogen-bond acceptors (Lipinski definition) is 6. The molecule has 0 unspecified atom stereocenters. The molecule has 0 saturated carbocycles. The first kappa shape index (κ1) is 21.1. The van der Waals surface area contributed by atoms with Crippen LogP contribution in [0.3, 0.4) is 0 Å². The molecular weight excluding hydrogens is 457 g/mol. The summed E-state index contributed by atoms with van der Waals surface area (Å²) in [4.78, 5) is 13.7. The number of rotatable bonds is 5. The largest absolute Gasteiger partial charge is 0.494 e. The lowest BCUT2D eigenvalue weighted by Crippen LogP contribution is -2.00. The van der Waals surface area contributed by atoms with Crippen molar-refractivity contribution in [3.63, 3.8) is 0 Å². The lowest BCUT2D eigenvalue weighted by atomic mass is 10.1. The Morgan fingerprint density at radius 3 is 2.58 bits per heavy atom. The van der Waals surface area contributed by atoms with E-state index in [2.05, 4.69) is 25.5 Å². The summed E-state index contributed by atoms with van der Waals surface area (Å²) in [6, 6.07) is 23.0. The van der Waals surface area contributed by atoms with Crippen LogP contribution in [0.25, 0.3) is 33.1 Å². The maximum Gasteiger partial charge on any atom is 0.244 e. The molecule has 0 fully saturated rings. The molecule has 0 atom stereocenters. The molecule has 33 heavy (non-hydrogen) atoms. The van der Waals surface area contributed by atoms with E-state index in [1.807, 2.05) is 66.7 Å². The molecule has 3 aromatic carbocycles. The van der Waals surface area contributed by atoms with Crippen molar-refractivity contribution in [2.75, 3.05) is 12.5 Å². The second-order valence-corrected chi connectivity index (χ2v) is 7.99. The van der Waals surface area contributed by atoms with Crippen molar-refractivity contribution in [1.82, 2.24) is 15.0 Å². The van der Waals surface area contributed by atoms with Crippen LogP contribution < -0.4 is 10.2 Å². The molecule has 162 valence electrons. The number of hydrazone groups is 1. The number of nitrogens with zero attached hydrogens (tertiary/aromatic N) is 4. The van der Waals surface area contributed by atoms with Crippen LogP contribution in [0.4, 0.5) is 5.95 Å². The van der Waals surface area contributed by atoms with Crippen molar-refractivity contribution in [2.24, 2.45) is 5.10 Å². The van der Waals surface area contributed by atoms with E-state index >= 15 is 0 Å². The summed E-state index contributed by atoms with van der Waals surface area (Å²) in [7, 11) is 1.60. The monoisotopic (exact) mass is 473 g/mol. The van der Waals surface area contributed by atoms with Crippen LogP contribution in [-0.4, -0.2) is 28.3 Å². The first-order valence-corrected chi connectivity index (χ1v) is 10.8. The SMILES string of the molecule is COc1cccc2cc(C=NNc3nc(-c4ccccc4)c4cc(Cl)ccc4n3)c(Cl)nc12. The zero-order valence-corrected chi connectivity index (χ0v) is 19.0. The van der Waals surface area contributed by atoms with Crippen molar-refractivity contribution in [3.8, 4) is 17.0 Å². The zero-order valence-electron chi connectivity index (χ0n) is 17.5. The molecule has 2 aromatic heterocycles. The lowest BCUT2D eigenvalue weighted by Gasteiger charge is -2.09. The van der Waals surface area contributed by atoms with E-state index in [1.54, 1.807) is 19.4 Å². The number of aromatic nitrogens is 3. The molecule has 2 heterocycles. The van der Waals surface area contributed by atoms with E-state index < -0.39 is 0 Å². The minimum absolute atomic E-state index is 0.316. The van der Waals surface area contributed by atoms with Gasteiger partial charge in [-0.3, -0.25) is 0 Å². The van der Waals surface area contributed by atoms with E-state index in [0.717, 1.165) is 27.5 Å². The van der Waals surface area contributed by atoms with Gasteiger partial charge in [-0.2, -0.15) is 5.10 Å². The van der Waals surface area contributed by atoms with Crippen LogP contribution in [0, 0.1) is 0 Å². The van der Waals surface area contributed by atoms with Gasteiger partial charge in [0.2, 0.25) is 5.95 Å². The molecule has 5 rings (SSSR count). The fourth-order valence-electron chi connectivity index (χ4n) is 3.55. The van der Waals surface area contributed by atoms with Crippen LogP contribution in [0.1, 0.15) is 5.56 Å². The quantitative estimate of drug-likeness (QED) is 0.176. The summed E-state index contributed by atoms with van der Waals surface area (Å²) in [6.07, 6.45) is 1.59. The van der Waals surface area contributed by atoms with Crippen molar-refractivity contribution >= 4 is 57.2 Å². The number of anilines is 1. The number of para-hydroxylation sites is 1. The summed E-state index contributed by atoms with van der Waals surface area (Å²) in [6.45, 7) is 0. The summed E-state index contributed by atoms with van der Waals surface area (Å²) >= 11 is 12.6. The zero-order chi connectivity index (χ0) is 22.8. The van der Waals surface area contributed by atoms with Gasteiger partial charge in [0.1, 0.15) is 16.4 Å². The Hall–Kier alpha value is -3.74. The maximum atomic E-state index is 6.38. The van der Waals surface area contributed by atoms with Crippen molar-refractivity contribution in [3.05, 3.63) is 88.5 Å². The average Bonchev–Trinajstić information content (AvgIpc) is 2.84.